The summed E-state index contributed by atoms with van der Waals surface area (Å²) in [5.41, 5.74) is 2.42. The number of hydrogen-bond acceptors (Lipinski definition) is 3. The molecule has 2 aliphatic carbocycles. The lowest BCUT2D eigenvalue weighted by atomic mass is 9.87. The Bertz CT molecular complexity index is 513. The van der Waals surface area contributed by atoms with Gasteiger partial charge in [-0.15, -0.1) is 0 Å². The van der Waals surface area contributed by atoms with Gasteiger partial charge in [0.2, 0.25) is 0 Å². The zero-order valence-electron chi connectivity index (χ0n) is 10.6. The molecule has 0 aromatic heterocycles. The lowest BCUT2D eigenvalue weighted by Crippen LogP contribution is -2.49. The second kappa shape index (κ2) is 3.50. The fourth-order valence-corrected chi connectivity index (χ4v) is 4.24. The van der Waals surface area contributed by atoms with Crippen LogP contribution >= 0.6 is 0 Å². The van der Waals surface area contributed by atoms with Crippen LogP contribution in [0.3, 0.4) is 0 Å². The Kier molecular flexibility index (Phi) is 2.02. The average molecular weight is 242 g/mol. The summed E-state index contributed by atoms with van der Waals surface area (Å²) in [7, 11) is 2.14. The Morgan fingerprint density at radius 3 is 2.89 bits per heavy atom. The van der Waals surface area contributed by atoms with Gasteiger partial charge in [-0.05, 0) is 25.0 Å². The first kappa shape index (κ1) is 10.4. The summed E-state index contributed by atoms with van der Waals surface area (Å²) in [6, 6.07) is 9.08. The number of nitrogens with zero attached hydrogens (tertiary/aromatic N) is 1. The summed E-state index contributed by atoms with van der Waals surface area (Å²) >= 11 is 0. The predicted octanol–water partition coefficient (Wildman–Crippen LogP) is 2.28. The molecule has 1 aromatic carbocycles. The molecule has 1 aromatic rings. The Labute approximate surface area is 107 Å². The molecule has 0 radical (unpaired) electrons. The number of anilines is 2. The lowest BCUT2D eigenvalue weighted by molar-refractivity contribution is -0.125. The highest BCUT2D eigenvalue weighted by molar-refractivity contribution is 5.92. The summed E-state index contributed by atoms with van der Waals surface area (Å²) < 4.78 is 0. The normalized spacial score (nSPS) is 36.9. The van der Waals surface area contributed by atoms with E-state index < -0.39 is 0 Å². The molecule has 4 rings (SSSR count). The van der Waals surface area contributed by atoms with Gasteiger partial charge in [0.05, 0.1) is 23.5 Å². The van der Waals surface area contributed by atoms with E-state index in [0.717, 1.165) is 12.8 Å². The standard InChI is InChI=1S/C15H18N2O/c1-17-12-8-3-2-7-11(12)16-13-9-5-4-6-10(14(13)17)15(9)18/h2-3,7-10,13-14,16H,4-6H2,1H3. The fourth-order valence-electron chi connectivity index (χ4n) is 4.24. The van der Waals surface area contributed by atoms with E-state index in [0.29, 0.717) is 17.9 Å². The molecule has 4 atom stereocenters. The molecule has 4 unspecified atom stereocenters. The number of ketones is 1. The van der Waals surface area contributed by atoms with Crippen molar-refractivity contribution in [3.05, 3.63) is 24.3 Å². The second-order valence-corrected chi connectivity index (χ2v) is 5.84. The van der Waals surface area contributed by atoms with E-state index in [2.05, 4.69) is 41.5 Å². The van der Waals surface area contributed by atoms with Crippen LogP contribution in [0.4, 0.5) is 11.4 Å². The van der Waals surface area contributed by atoms with Crippen LogP contribution in [0.25, 0.3) is 0 Å². The van der Waals surface area contributed by atoms with Crippen molar-refractivity contribution in [1.82, 2.24) is 0 Å². The number of benzene rings is 1. The van der Waals surface area contributed by atoms with Gasteiger partial charge < -0.3 is 10.2 Å². The number of para-hydroxylation sites is 2. The molecule has 3 nitrogen and oxygen atoms in total. The minimum Gasteiger partial charge on any atom is -0.378 e. The zero-order valence-corrected chi connectivity index (χ0v) is 10.6. The maximum absolute atomic E-state index is 12.4. The van der Waals surface area contributed by atoms with Gasteiger partial charge in [-0.25, -0.2) is 0 Å². The molecule has 3 aliphatic rings. The summed E-state index contributed by atoms with van der Waals surface area (Å²) in [5.74, 6) is 0.993. The third-order valence-corrected chi connectivity index (χ3v) is 5.03. The number of likely N-dealkylation sites (N-methyl/N-ethyl adjacent to an activating group) is 1. The van der Waals surface area contributed by atoms with Crippen molar-refractivity contribution in [1.29, 1.82) is 0 Å². The summed E-state index contributed by atoms with van der Waals surface area (Å²) in [6.07, 6.45) is 3.35. The number of rotatable bonds is 0. The molecule has 0 saturated heterocycles. The Morgan fingerprint density at radius 1 is 1.22 bits per heavy atom. The van der Waals surface area contributed by atoms with Crippen LogP contribution in [-0.2, 0) is 4.79 Å². The van der Waals surface area contributed by atoms with E-state index in [1.165, 1.54) is 17.8 Å². The van der Waals surface area contributed by atoms with Gasteiger partial charge in [0.15, 0.2) is 0 Å². The van der Waals surface area contributed by atoms with E-state index in [1.54, 1.807) is 0 Å². The number of hydrogen-bond donors (Lipinski definition) is 1. The first-order valence-corrected chi connectivity index (χ1v) is 6.89. The largest absolute Gasteiger partial charge is 0.378 e. The topological polar surface area (TPSA) is 32.3 Å². The Morgan fingerprint density at radius 2 is 2.00 bits per heavy atom. The molecule has 94 valence electrons. The smallest absolute Gasteiger partial charge is 0.143 e. The first-order chi connectivity index (χ1) is 8.77. The van der Waals surface area contributed by atoms with Crippen molar-refractivity contribution < 1.29 is 4.79 Å². The van der Waals surface area contributed by atoms with Crippen molar-refractivity contribution in [2.45, 2.75) is 31.3 Å². The maximum Gasteiger partial charge on any atom is 0.143 e. The number of carbonyl (C=O) groups is 1. The maximum atomic E-state index is 12.4. The minimum atomic E-state index is 0.240. The number of fused-ring (bicyclic) bond motifs is 6. The van der Waals surface area contributed by atoms with Crippen LogP contribution in [0.2, 0.25) is 0 Å². The summed E-state index contributed by atoms with van der Waals surface area (Å²) in [5, 5.41) is 3.63. The van der Waals surface area contributed by atoms with Crippen LogP contribution in [-0.4, -0.2) is 24.9 Å². The first-order valence-electron chi connectivity index (χ1n) is 6.89. The van der Waals surface area contributed by atoms with Crippen LogP contribution in [0.1, 0.15) is 19.3 Å². The Balaban J connectivity index is 1.82. The molecule has 18 heavy (non-hydrogen) atoms. The molecule has 0 spiro atoms. The molecule has 1 aliphatic heterocycles. The number of Topliss-reactive ketones (excluding diaryl/α,β-unsaturated/α-hetero) is 1. The average Bonchev–Trinajstić information content (AvgIpc) is 2.56. The molecule has 2 bridgehead atoms. The van der Waals surface area contributed by atoms with Gasteiger partial charge in [-0.2, -0.15) is 0 Å². The van der Waals surface area contributed by atoms with E-state index in [4.69, 9.17) is 0 Å². The van der Waals surface area contributed by atoms with Crippen molar-refractivity contribution in [2.75, 3.05) is 17.3 Å². The summed E-state index contributed by atoms with van der Waals surface area (Å²) in [4.78, 5) is 14.7. The van der Waals surface area contributed by atoms with E-state index in [1.807, 2.05) is 0 Å². The van der Waals surface area contributed by atoms with Crippen LogP contribution in [0, 0.1) is 11.8 Å². The highest BCUT2D eigenvalue weighted by Gasteiger charge is 2.54. The molecule has 3 heteroatoms. The van der Waals surface area contributed by atoms with Crippen molar-refractivity contribution in [3.63, 3.8) is 0 Å². The lowest BCUT2D eigenvalue weighted by Gasteiger charge is -2.41. The van der Waals surface area contributed by atoms with E-state index >= 15 is 0 Å². The molecule has 0 amide bonds. The fraction of sp³-hybridized carbons (Fsp3) is 0.533. The molecular formula is C15H18N2O. The highest BCUT2D eigenvalue weighted by Crippen LogP contribution is 2.47. The van der Waals surface area contributed by atoms with Crippen LogP contribution < -0.4 is 10.2 Å². The van der Waals surface area contributed by atoms with Gasteiger partial charge in [0.25, 0.3) is 0 Å². The van der Waals surface area contributed by atoms with Gasteiger partial charge in [-0.1, -0.05) is 18.6 Å². The molecule has 1 heterocycles. The van der Waals surface area contributed by atoms with Crippen molar-refractivity contribution >= 4 is 17.2 Å². The van der Waals surface area contributed by atoms with Crippen LogP contribution in [0.5, 0.6) is 0 Å². The highest BCUT2D eigenvalue weighted by atomic mass is 16.1. The van der Waals surface area contributed by atoms with Crippen molar-refractivity contribution in [3.8, 4) is 0 Å². The quantitative estimate of drug-likeness (QED) is 0.757. The number of nitrogens with one attached hydrogen (secondary N) is 1. The van der Waals surface area contributed by atoms with E-state index in [9.17, 15) is 4.79 Å². The number of carbonyl (C=O) groups excluding carboxylic acids is 1. The van der Waals surface area contributed by atoms with Gasteiger partial charge in [0.1, 0.15) is 5.78 Å². The molecule has 2 saturated carbocycles. The van der Waals surface area contributed by atoms with Gasteiger partial charge >= 0.3 is 0 Å². The third-order valence-electron chi connectivity index (χ3n) is 5.03. The van der Waals surface area contributed by atoms with Gasteiger partial charge in [0, 0.05) is 18.9 Å². The minimum absolute atomic E-state index is 0.240. The summed E-state index contributed by atoms with van der Waals surface area (Å²) in [6.45, 7) is 0. The van der Waals surface area contributed by atoms with Gasteiger partial charge in [-0.3, -0.25) is 4.79 Å². The Hall–Kier alpha value is -1.51. The molecular weight excluding hydrogens is 224 g/mol. The third kappa shape index (κ3) is 1.17. The van der Waals surface area contributed by atoms with Crippen LogP contribution in [0.15, 0.2) is 24.3 Å². The van der Waals surface area contributed by atoms with Crippen molar-refractivity contribution in [2.24, 2.45) is 11.8 Å². The predicted molar refractivity (Wildman–Crippen MR) is 71.9 cm³/mol. The SMILES string of the molecule is CN1c2ccccc2NC2C3CCCC(C3=O)C21. The monoisotopic (exact) mass is 242 g/mol. The van der Waals surface area contributed by atoms with E-state index in [-0.39, 0.29) is 11.8 Å². The second-order valence-electron chi connectivity index (χ2n) is 5.84. The molecule has 1 N–H and O–H groups in total. The zero-order chi connectivity index (χ0) is 12.3. The molecule has 2 fully saturated rings.